The Morgan fingerprint density at radius 1 is 1.09 bits per heavy atom. The number of carbonyl (C=O) groups excluding carboxylic acids is 1. The number of benzene rings is 1. The third-order valence-electron chi connectivity index (χ3n) is 5.93. The smallest absolute Gasteiger partial charge is 0.146 e. The zero-order chi connectivity index (χ0) is 21.9. The number of aldehydes is 1. The lowest BCUT2D eigenvalue weighted by Gasteiger charge is -2.34. The first kappa shape index (κ1) is 20.1. The maximum Gasteiger partial charge on any atom is 0.146 e. The van der Waals surface area contributed by atoms with E-state index in [2.05, 4.69) is 61.7 Å². The maximum absolute atomic E-state index is 11.7. The average Bonchev–Trinajstić information content (AvgIpc) is 2.85. The molecular formula is C24H25N7O. The van der Waals surface area contributed by atoms with Gasteiger partial charge in [0.15, 0.2) is 0 Å². The highest BCUT2D eigenvalue weighted by molar-refractivity contribution is 5.80. The van der Waals surface area contributed by atoms with Crippen molar-refractivity contribution in [2.45, 2.75) is 6.04 Å². The van der Waals surface area contributed by atoms with Gasteiger partial charge < -0.3 is 25.2 Å². The van der Waals surface area contributed by atoms with Gasteiger partial charge in [-0.05, 0) is 55.2 Å². The summed E-state index contributed by atoms with van der Waals surface area (Å²) in [6, 6.07) is 9.87. The first-order valence-corrected chi connectivity index (χ1v) is 10.7. The highest BCUT2D eigenvalue weighted by atomic mass is 16.1. The zero-order valence-electron chi connectivity index (χ0n) is 17.9. The maximum atomic E-state index is 11.7. The third-order valence-corrected chi connectivity index (χ3v) is 5.93. The number of nitrogens with one attached hydrogen (secondary N) is 2. The van der Waals surface area contributed by atoms with Crippen LogP contribution in [0.2, 0.25) is 0 Å². The molecule has 0 radical (unpaired) electrons. The zero-order valence-corrected chi connectivity index (χ0v) is 17.9. The Hall–Kier alpha value is -3.78. The van der Waals surface area contributed by atoms with E-state index in [0.29, 0.717) is 5.82 Å². The molecule has 0 amide bonds. The second-order valence-electron chi connectivity index (χ2n) is 8.06. The predicted molar refractivity (Wildman–Crippen MR) is 126 cm³/mol. The number of fused-ring (bicyclic) bond motifs is 1. The van der Waals surface area contributed by atoms with Gasteiger partial charge in [-0.1, -0.05) is 0 Å². The lowest BCUT2D eigenvalue weighted by atomic mass is 9.97. The average molecular weight is 428 g/mol. The molecule has 3 aromatic rings. The highest BCUT2D eigenvalue weighted by Gasteiger charge is 2.23. The highest BCUT2D eigenvalue weighted by Crippen LogP contribution is 2.34. The number of hydrogen-bond acceptors (Lipinski definition) is 8. The molecule has 0 bridgehead atoms. The second-order valence-corrected chi connectivity index (χ2v) is 8.06. The van der Waals surface area contributed by atoms with Crippen LogP contribution in [-0.4, -0.2) is 59.4 Å². The van der Waals surface area contributed by atoms with Crippen molar-refractivity contribution in [2.75, 3.05) is 43.4 Å². The van der Waals surface area contributed by atoms with E-state index >= 15 is 0 Å². The van der Waals surface area contributed by atoms with Gasteiger partial charge in [-0.15, -0.1) is 0 Å². The Morgan fingerprint density at radius 2 is 1.84 bits per heavy atom. The van der Waals surface area contributed by atoms with E-state index < -0.39 is 6.04 Å². The fourth-order valence-electron chi connectivity index (χ4n) is 4.10. The molecule has 32 heavy (non-hydrogen) atoms. The molecule has 4 heterocycles. The van der Waals surface area contributed by atoms with Crippen molar-refractivity contribution in [2.24, 2.45) is 0 Å². The van der Waals surface area contributed by atoms with E-state index in [1.165, 1.54) is 12.0 Å². The normalized spacial score (nSPS) is 18.0. The standard InChI is InChI=1S/C24H25N7O/c1-30-8-10-31(11-9-30)20-4-2-19(3-5-20)28-24-23-17(6-7-27-22(23)15-32)12-21(29-24)18-13-25-16-26-14-18/h2-7,12-16,22,27H,8-11H2,1H3,(H,28,29). The Morgan fingerprint density at radius 3 is 2.56 bits per heavy atom. The number of aromatic nitrogens is 3. The van der Waals surface area contributed by atoms with Crippen LogP contribution in [0, 0.1) is 0 Å². The van der Waals surface area contributed by atoms with Gasteiger partial charge in [0.05, 0.1) is 5.69 Å². The van der Waals surface area contributed by atoms with Crippen LogP contribution in [0.1, 0.15) is 17.2 Å². The van der Waals surface area contributed by atoms with Crippen molar-refractivity contribution in [1.82, 2.24) is 25.2 Å². The van der Waals surface area contributed by atoms with Crippen LogP contribution in [0.25, 0.3) is 17.3 Å². The number of hydrogen-bond donors (Lipinski definition) is 2. The number of likely N-dealkylation sites (N-methyl/N-ethyl adjacent to an activating group) is 1. The summed E-state index contributed by atoms with van der Waals surface area (Å²) in [5.74, 6) is 0.641. The molecule has 2 aliphatic rings. The van der Waals surface area contributed by atoms with Crippen LogP contribution < -0.4 is 15.5 Å². The number of rotatable bonds is 5. The molecule has 8 heteroatoms. The quantitative estimate of drug-likeness (QED) is 0.601. The summed E-state index contributed by atoms with van der Waals surface area (Å²) in [7, 11) is 2.16. The monoisotopic (exact) mass is 427 g/mol. The molecule has 2 aliphatic heterocycles. The second kappa shape index (κ2) is 8.76. The van der Waals surface area contributed by atoms with Gasteiger partial charge in [0.1, 0.15) is 24.5 Å². The summed E-state index contributed by atoms with van der Waals surface area (Å²) in [4.78, 5) is 29.5. The molecule has 0 spiro atoms. The minimum Gasteiger partial charge on any atom is -0.378 e. The number of carbonyl (C=O) groups is 1. The molecule has 1 fully saturated rings. The molecule has 0 aliphatic carbocycles. The van der Waals surface area contributed by atoms with Gasteiger partial charge in [0, 0.05) is 61.1 Å². The van der Waals surface area contributed by atoms with E-state index in [1.54, 1.807) is 18.6 Å². The Bertz CT molecular complexity index is 1120. The van der Waals surface area contributed by atoms with Crippen LogP contribution in [0.3, 0.4) is 0 Å². The van der Waals surface area contributed by atoms with Crippen LogP contribution in [0.5, 0.6) is 0 Å². The molecule has 8 nitrogen and oxygen atoms in total. The summed E-state index contributed by atoms with van der Waals surface area (Å²) < 4.78 is 0. The molecule has 1 aromatic carbocycles. The van der Waals surface area contributed by atoms with Gasteiger partial charge in [-0.25, -0.2) is 15.0 Å². The van der Waals surface area contributed by atoms with E-state index in [4.69, 9.17) is 4.98 Å². The Kier molecular flexibility index (Phi) is 5.51. The summed E-state index contributed by atoms with van der Waals surface area (Å²) in [6.45, 7) is 4.19. The first-order chi connectivity index (χ1) is 15.7. The molecule has 1 atom stereocenters. The van der Waals surface area contributed by atoms with Crippen LogP contribution >= 0.6 is 0 Å². The fourth-order valence-corrected chi connectivity index (χ4v) is 4.10. The molecule has 1 unspecified atom stereocenters. The van der Waals surface area contributed by atoms with E-state index in [-0.39, 0.29) is 0 Å². The van der Waals surface area contributed by atoms with Gasteiger partial charge in [0.25, 0.3) is 0 Å². The minimum atomic E-state index is -0.462. The lowest BCUT2D eigenvalue weighted by Crippen LogP contribution is -2.44. The number of pyridine rings is 1. The fraction of sp³-hybridized carbons (Fsp3) is 0.250. The molecule has 162 valence electrons. The molecular weight excluding hydrogens is 402 g/mol. The van der Waals surface area contributed by atoms with Crippen LogP contribution in [0.4, 0.5) is 17.2 Å². The van der Waals surface area contributed by atoms with E-state index in [1.807, 2.05) is 12.1 Å². The van der Waals surface area contributed by atoms with Crippen molar-refractivity contribution in [3.63, 3.8) is 0 Å². The number of anilines is 3. The third kappa shape index (κ3) is 4.04. The van der Waals surface area contributed by atoms with Gasteiger partial charge in [0.2, 0.25) is 0 Å². The predicted octanol–water partition coefficient (Wildman–Crippen LogP) is 2.85. The van der Waals surface area contributed by atoms with Crippen molar-refractivity contribution < 1.29 is 4.79 Å². The Balaban J connectivity index is 1.47. The summed E-state index contributed by atoms with van der Waals surface area (Å²) in [5, 5.41) is 6.53. The van der Waals surface area contributed by atoms with Crippen molar-refractivity contribution >= 4 is 29.6 Å². The molecule has 2 aromatic heterocycles. The van der Waals surface area contributed by atoms with Crippen molar-refractivity contribution in [3.8, 4) is 11.3 Å². The van der Waals surface area contributed by atoms with Gasteiger partial charge >= 0.3 is 0 Å². The summed E-state index contributed by atoms with van der Waals surface area (Å²) in [5.41, 5.74) is 5.45. The molecule has 2 N–H and O–H groups in total. The number of piperazine rings is 1. The lowest BCUT2D eigenvalue weighted by molar-refractivity contribution is -0.109. The van der Waals surface area contributed by atoms with Crippen molar-refractivity contribution in [3.05, 3.63) is 66.4 Å². The SMILES string of the molecule is CN1CCN(c2ccc(Nc3nc(-c4cncnc4)cc4c3C(C=O)NC=C4)cc2)CC1. The van der Waals surface area contributed by atoms with Crippen molar-refractivity contribution in [1.29, 1.82) is 0 Å². The Labute approximate surface area is 187 Å². The first-order valence-electron chi connectivity index (χ1n) is 10.7. The number of nitrogens with zero attached hydrogens (tertiary/aromatic N) is 5. The largest absolute Gasteiger partial charge is 0.378 e. The van der Waals surface area contributed by atoms with Crippen LogP contribution in [-0.2, 0) is 4.79 Å². The molecule has 0 saturated carbocycles. The van der Waals surface area contributed by atoms with Gasteiger partial charge in [-0.2, -0.15) is 0 Å². The molecule has 5 rings (SSSR count). The van der Waals surface area contributed by atoms with Gasteiger partial charge in [-0.3, -0.25) is 0 Å². The summed E-state index contributed by atoms with van der Waals surface area (Å²) in [6.07, 6.45) is 9.61. The molecule has 1 saturated heterocycles. The van der Waals surface area contributed by atoms with E-state index in [0.717, 1.165) is 60.5 Å². The van der Waals surface area contributed by atoms with Crippen LogP contribution in [0.15, 0.2) is 55.3 Å². The topological polar surface area (TPSA) is 86.3 Å². The summed E-state index contributed by atoms with van der Waals surface area (Å²) >= 11 is 0. The minimum absolute atomic E-state index is 0.462. The van der Waals surface area contributed by atoms with E-state index in [9.17, 15) is 4.79 Å².